The Balaban J connectivity index is 1.73. The number of aromatic amines is 1. The third kappa shape index (κ3) is 3.89. The molecule has 5 rings (SSSR count). The van der Waals surface area contributed by atoms with Gasteiger partial charge in [-0.15, -0.1) is 0 Å². The Bertz CT molecular complexity index is 1550. The molecule has 0 amide bonds. The van der Waals surface area contributed by atoms with E-state index in [4.69, 9.17) is 9.40 Å². The zero-order valence-corrected chi connectivity index (χ0v) is 18.1. The number of aromatic nitrogens is 4. The fourth-order valence-electron chi connectivity index (χ4n) is 3.93. The van der Waals surface area contributed by atoms with Gasteiger partial charge in [-0.3, -0.25) is 14.9 Å². The summed E-state index contributed by atoms with van der Waals surface area (Å²) in [6.07, 6.45) is 0.577. The van der Waals surface area contributed by atoms with E-state index < -0.39 is 4.92 Å². The summed E-state index contributed by atoms with van der Waals surface area (Å²) in [5.74, 6) is 0.699. The van der Waals surface area contributed by atoms with Gasteiger partial charge in [0.25, 0.3) is 5.56 Å². The fourth-order valence-corrected chi connectivity index (χ4v) is 3.93. The summed E-state index contributed by atoms with van der Waals surface area (Å²) in [5.41, 5.74) is 3.98. The Kier molecular flexibility index (Phi) is 5.01. The van der Waals surface area contributed by atoms with Crippen LogP contribution in [0.4, 0.5) is 5.88 Å². The lowest BCUT2D eigenvalue weighted by atomic mass is 10.1. The Morgan fingerprint density at radius 2 is 1.88 bits per heavy atom. The molecule has 0 saturated heterocycles. The van der Waals surface area contributed by atoms with Gasteiger partial charge in [0, 0.05) is 6.54 Å². The number of nitro groups is 1. The van der Waals surface area contributed by atoms with Crippen LogP contribution in [0.2, 0.25) is 0 Å². The molecule has 0 fully saturated rings. The number of benzene rings is 2. The first-order valence-corrected chi connectivity index (χ1v) is 10.6. The van der Waals surface area contributed by atoms with Crippen LogP contribution in [0.25, 0.3) is 33.7 Å². The minimum Gasteiger partial charge on any atom is -0.397 e. The van der Waals surface area contributed by atoms with Crippen LogP contribution in [0.15, 0.2) is 63.8 Å². The number of nitrogens with zero attached hydrogens (tertiary/aromatic N) is 4. The first kappa shape index (κ1) is 20.6. The molecular weight excluding hydrogens is 422 g/mol. The van der Waals surface area contributed by atoms with Crippen molar-refractivity contribution < 1.29 is 9.34 Å². The Labute approximate surface area is 187 Å². The molecule has 0 saturated carbocycles. The maximum atomic E-state index is 12.5. The number of rotatable bonds is 6. The monoisotopic (exact) mass is 443 g/mol. The molecule has 3 heterocycles. The third-order valence-electron chi connectivity index (χ3n) is 5.41. The van der Waals surface area contributed by atoms with Crippen molar-refractivity contribution in [2.45, 2.75) is 26.8 Å². The SMILES string of the molecule is CC(C)Cc1nc2cc3c(cc2[nH]c1=O)nc(-c1ccc([N+](=O)[O-])o1)n3Cc1ccccc1. The van der Waals surface area contributed by atoms with E-state index in [1.54, 1.807) is 12.1 Å². The molecule has 9 heteroatoms. The van der Waals surface area contributed by atoms with E-state index in [1.165, 1.54) is 6.07 Å². The zero-order valence-electron chi connectivity index (χ0n) is 18.1. The van der Waals surface area contributed by atoms with Crippen LogP contribution in [-0.2, 0) is 13.0 Å². The van der Waals surface area contributed by atoms with Crippen LogP contribution in [-0.4, -0.2) is 24.4 Å². The highest BCUT2D eigenvalue weighted by atomic mass is 16.6. The van der Waals surface area contributed by atoms with E-state index in [1.807, 2.05) is 54.8 Å². The number of H-pyrrole nitrogens is 1. The van der Waals surface area contributed by atoms with Crippen molar-refractivity contribution in [2.24, 2.45) is 5.92 Å². The highest BCUT2D eigenvalue weighted by Crippen LogP contribution is 2.31. The highest BCUT2D eigenvalue weighted by molar-refractivity contribution is 5.92. The molecule has 1 N–H and O–H groups in total. The summed E-state index contributed by atoms with van der Waals surface area (Å²) in [6, 6.07) is 16.4. The lowest BCUT2D eigenvalue weighted by Crippen LogP contribution is -2.17. The third-order valence-corrected chi connectivity index (χ3v) is 5.41. The lowest BCUT2D eigenvalue weighted by Gasteiger charge is -2.09. The van der Waals surface area contributed by atoms with Gasteiger partial charge in [0.05, 0.1) is 28.1 Å². The van der Waals surface area contributed by atoms with Crippen LogP contribution in [0.5, 0.6) is 0 Å². The Morgan fingerprint density at radius 1 is 1.09 bits per heavy atom. The number of furan rings is 1. The van der Waals surface area contributed by atoms with Gasteiger partial charge in [0.2, 0.25) is 0 Å². The minimum absolute atomic E-state index is 0.207. The maximum Gasteiger partial charge on any atom is 0.433 e. The zero-order chi connectivity index (χ0) is 23.1. The summed E-state index contributed by atoms with van der Waals surface area (Å²) >= 11 is 0. The second-order valence-corrected chi connectivity index (χ2v) is 8.37. The van der Waals surface area contributed by atoms with Gasteiger partial charge in [-0.05, 0) is 36.1 Å². The molecule has 0 bridgehead atoms. The Hall–Kier alpha value is -4.27. The lowest BCUT2D eigenvalue weighted by molar-refractivity contribution is -0.401. The quantitative estimate of drug-likeness (QED) is 0.300. The maximum absolute atomic E-state index is 12.5. The molecule has 0 aliphatic carbocycles. The van der Waals surface area contributed by atoms with Gasteiger partial charge in [-0.2, -0.15) is 0 Å². The molecule has 33 heavy (non-hydrogen) atoms. The largest absolute Gasteiger partial charge is 0.433 e. The highest BCUT2D eigenvalue weighted by Gasteiger charge is 2.21. The summed E-state index contributed by atoms with van der Waals surface area (Å²) < 4.78 is 7.41. The van der Waals surface area contributed by atoms with Gasteiger partial charge < -0.3 is 14.0 Å². The van der Waals surface area contributed by atoms with Crippen molar-refractivity contribution in [1.82, 2.24) is 19.5 Å². The van der Waals surface area contributed by atoms with Crippen molar-refractivity contribution in [1.29, 1.82) is 0 Å². The standard InChI is InChI=1S/C24H21N5O4/c1-14(2)10-19-24(30)27-16-11-18-20(12-17(16)25-19)28(13-15-6-4-3-5-7-15)23(26-18)21-8-9-22(33-21)29(31)32/h3-9,11-12,14H,10,13H2,1-2H3,(H,27,30). The molecule has 5 aromatic rings. The molecule has 9 nitrogen and oxygen atoms in total. The number of hydrogen-bond donors (Lipinski definition) is 1. The molecule has 0 atom stereocenters. The average Bonchev–Trinajstić information content (AvgIpc) is 3.39. The van der Waals surface area contributed by atoms with E-state index >= 15 is 0 Å². The van der Waals surface area contributed by atoms with Crippen molar-refractivity contribution in [2.75, 3.05) is 0 Å². The predicted molar refractivity (Wildman–Crippen MR) is 124 cm³/mol. The second-order valence-electron chi connectivity index (χ2n) is 8.37. The van der Waals surface area contributed by atoms with Crippen LogP contribution < -0.4 is 5.56 Å². The first-order valence-electron chi connectivity index (χ1n) is 10.6. The topological polar surface area (TPSA) is 120 Å². The first-order chi connectivity index (χ1) is 15.9. The molecular formula is C24H21N5O4. The summed E-state index contributed by atoms with van der Waals surface area (Å²) in [6.45, 7) is 4.56. The average molecular weight is 443 g/mol. The van der Waals surface area contributed by atoms with E-state index in [2.05, 4.69) is 9.97 Å². The van der Waals surface area contributed by atoms with Crippen LogP contribution in [0.3, 0.4) is 0 Å². The van der Waals surface area contributed by atoms with Gasteiger partial charge in [-0.1, -0.05) is 44.2 Å². The van der Waals surface area contributed by atoms with Crippen LogP contribution in [0, 0.1) is 16.0 Å². The van der Waals surface area contributed by atoms with Crippen molar-refractivity contribution in [3.63, 3.8) is 0 Å². The molecule has 166 valence electrons. The molecule has 0 unspecified atom stereocenters. The molecule has 0 aliphatic rings. The smallest absolute Gasteiger partial charge is 0.397 e. The van der Waals surface area contributed by atoms with Gasteiger partial charge in [0.15, 0.2) is 11.6 Å². The van der Waals surface area contributed by atoms with E-state index in [0.717, 1.165) is 11.1 Å². The normalized spacial score (nSPS) is 11.6. The van der Waals surface area contributed by atoms with Crippen molar-refractivity contribution in [3.05, 3.63) is 86.3 Å². The van der Waals surface area contributed by atoms with Gasteiger partial charge >= 0.3 is 5.88 Å². The van der Waals surface area contributed by atoms with E-state index in [0.29, 0.717) is 52.7 Å². The number of hydrogen-bond acceptors (Lipinski definition) is 6. The molecule has 2 aromatic carbocycles. The molecule has 0 radical (unpaired) electrons. The Morgan fingerprint density at radius 3 is 2.58 bits per heavy atom. The number of nitrogens with one attached hydrogen (secondary N) is 1. The van der Waals surface area contributed by atoms with Crippen LogP contribution >= 0.6 is 0 Å². The van der Waals surface area contributed by atoms with Gasteiger partial charge in [0.1, 0.15) is 10.6 Å². The van der Waals surface area contributed by atoms with E-state index in [9.17, 15) is 14.9 Å². The number of imidazole rings is 1. The summed E-state index contributed by atoms with van der Waals surface area (Å²) in [5, 5.41) is 11.1. The second kappa shape index (κ2) is 8.01. The molecule has 0 aliphatic heterocycles. The van der Waals surface area contributed by atoms with E-state index in [-0.39, 0.29) is 11.4 Å². The number of fused-ring (bicyclic) bond motifs is 2. The van der Waals surface area contributed by atoms with Gasteiger partial charge in [-0.25, -0.2) is 9.97 Å². The fraction of sp³-hybridized carbons (Fsp3) is 0.208. The minimum atomic E-state index is -0.576. The van der Waals surface area contributed by atoms with Crippen molar-refractivity contribution in [3.8, 4) is 11.6 Å². The predicted octanol–water partition coefficient (Wildman–Crippen LogP) is 4.69. The van der Waals surface area contributed by atoms with Crippen LogP contribution in [0.1, 0.15) is 25.1 Å². The van der Waals surface area contributed by atoms with Crippen molar-refractivity contribution >= 4 is 28.0 Å². The molecule has 0 spiro atoms. The summed E-state index contributed by atoms with van der Waals surface area (Å²) in [4.78, 5) is 35.3. The molecule has 3 aromatic heterocycles. The summed E-state index contributed by atoms with van der Waals surface area (Å²) in [7, 11) is 0.